The summed E-state index contributed by atoms with van der Waals surface area (Å²) in [6.45, 7) is 6.03. The molecule has 10 nitrogen and oxygen atoms in total. The number of fused-ring (bicyclic) bond motifs is 1. The Labute approximate surface area is 203 Å². The summed E-state index contributed by atoms with van der Waals surface area (Å²) in [5.41, 5.74) is -0.550. The standard InChI is InChI=1S/C25H33N3O7/c1-25(2,3)35-24(33)26-13-6-14-34-17-11-9-16-10-12-19(22(30)28(16)15-17)21(29)27-20-8-5-4-7-18(20)23(31)32/h9-12,15,18,20H,4-8,13-14H2,1-3H3,(H,26,33)(H,27,29)(H,31,32)/t18-,20-/m1/s1. The molecule has 190 valence electrons. The maximum absolute atomic E-state index is 13.0. The summed E-state index contributed by atoms with van der Waals surface area (Å²) in [4.78, 5) is 49.0. The number of aromatic nitrogens is 1. The molecule has 2 amide bonds. The molecule has 0 bridgehead atoms. The van der Waals surface area contributed by atoms with Gasteiger partial charge in [-0.3, -0.25) is 18.8 Å². The average Bonchev–Trinajstić information content (AvgIpc) is 2.78. The van der Waals surface area contributed by atoms with E-state index in [4.69, 9.17) is 9.47 Å². The molecule has 0 aromatic carbocycles. The summed E-state index contributed by atoms with van der Waals surface area (Å²) in [5, 5.41) is 14.8. The fraction of sp³-hybridized carbons (Fsp3) is 0.520. The highest BCUT2D eigenvalue weighted by atomic mass is 16.6. The molecule has 0 unspecified atom stereocenters. The summed E-state index contributed by atoms with van der Waals surface area (Å²) < 4.78 is 12.2. The fourth-order valence-corrected chi connectivity index (χ4v) is 4.04. The molecule has 2 heterocycles. The van der Waals surface area contributed by atoms with Crippen molar-refractivity contribution < 1.29 is 29.0 Å². The van der Waals surface area contributed by atoms with Gasteiger partial charge in [-0.15, -0.1) is 0 Å². The van der Waals surface area contributed by atoms with Gasteiger partial charge in [-0.2, -0.15) is 0 Å². The highest BCUT2D eigenvalue weighted by molar-refractivity contribution is 5.94. The summed E-state index contributed by atoms with van der Waals surface area (Å²) in [5.74, 6) is -1.73. The molecular formula is C25H33N3O7. The predicted molar refractivity (Wildman–Crippen MR) is 129 cm³/mol. The number of carbonyl (C=O) groups excluding carboxylic acids is 2. The van der Waals surface area contributed by atoms with E-state index in [9.17, 15) is 24.3 Å². The van der Waals surface area contributed by atoms with Crippen LogP contribution in [0.5, 0.6) is 5.75 Å². The number of hydrogen-bond acceptors (Lipinski definition) is 6. The maximum Gasteiger partial charge on any atom is 0.407 e. The Morgan fingerprint density at radius 1 is 1.11 bits per heavy atom. The first-order chi connectivity index (χ1) is 16.5. The molecule has 3 N–H and O–H groups in total. The van der Waals surface area contributed by atoms with Gasteiger partial charge >= 0.3 is 12.1 Å². The van der Waals surface area contributed by atoms with Crippen LogP contribution in [0, 0.1) is 5.92 Å². The third kappa shape index (κ3) is 7.21. The number of aliphatic carboxylic acids is 1. The summed E-state index contributed by atoms with van der Waals surface area (Å²) in [6.07, 6.45) is 4.25. The van der Waals surface area contributed by atoms with Crippen molar-refractivity contribution in [2.24, 2.45) is 5.92 Å². The normalized spacial score (nSPS) is 18.0. The molecule has 1 fully saturated rings. The molecule has 1 saturated carbocycles. The molecule has 2 aromatic heterocycles. The third-order valence-corrected chi connectivity index (χ3v) is 5.73. The van der Waals surface area contributed by atoms with Crippen LogP contribution in [0.3, 0.4) is 0 Å². The first-order valence-electron chi connectivity index (χ1n) is 11.8. The Morgan fingerprint density at radius 2 is 1.83 bits per heavy atom. The Morgan fingerprint density at radius 3 is 2.54 bits per heavy atom. The van der Waals surface area contributed by atoms with Crippen LogP contribution >= 0.6 is 0 Å². The Bertz CT molecular complexity index is 1140. The van der Waals surface area contributed by atoms with E-state index in [1.165, 1.54) is 16.7 Å². The Hall–Kier alpha value is -3.56. The second-order valence-corrected chi connectivity index (χ2v) is 9.65. The lowest BCUT2D eigenvalue weighted by Gasteiger charge is -2.29. The molecule has 10 heteroatoms. The number of amides is 2. The SMILES string of the molecule is CC(C)(C)OC(=O)NCCCOc1ccc2ccc(C(=O)N[C@@H]3CCCC[C@H]3C(=O)O)c(=O)n2c1. The van der Waals surface area contributed by atoms with E-state index in [1.807, 2.05) is 0 Å². The third-order valence-electron chi connectivity index (χ3n) is 5.73. The topological polar surface area (TPSA) is 135 Å². The van der Waals surface area contributed by atoms with Gasteiger partial charge in [0, 0.05) is 18.1 Å². The van der Waals surface area contributed by atoms with Gasteiger partial charge in [0.15, 0.2) is 0 Å². The van der Waals surface area contributed by atoms with E-state index in [1.54, 1.807) is 39.0 Å². The second-order valence-electron chi connectivity index (χ2n) is 9.65. The van der Waals surface area contributed by atoms with Crippen molar-refractivity contribution in [1.29, 1.82) is 0 Å². The summed E-state index contributed by atoms with van der Waals surface area (Å²) >= 11 is 0. The van der Waals surface area contributed by atoms with E-state index in [0.29, 0.717) is 43.7 Å². The molecule has 0 saturated heterocycles. The smallest absolute Gasteiger partial charge is 0.407 e. The Kier molecular flexibility index (Phi) is 8.37. The maximum atomic E-state index is 13.0. The monoisotopic (exact) mass is 487 g/mol. The minimum absolute atomic E-state index is 0.0593. The number of carboxylic acid groups (broad SMARTS) is 1. The molecule has 1 aliphatic carbocycles. The second kappa shape index (κ2) is 11.2. The predicted octanol–water partition coefficient (Wildman–Crippen LogP) is 2.97. The number of carboxylic acids is 1. The molecule has 1 aliphatic rings. The molecule has 0 radical (unpaired) electrons. The number of nitrogens with zero attached hydrogens (tertiary/aromatic N) is 1. The van der Waals surface area contributed by atoms with Crippen LogP contribution in [0.25, 0.3) is 5.52 Å². The van der Waals surface area contributed by atoms with Crippen molar-refractivity contribution in [2.45, 2.75) is 64.5 Å². The first-order valence-corrected chi connectivity index (χ1v) is 11.8. The highest BCUT2D eigenvalue weighted by Gasteiger charge is 2.32. The zero-order valence-corrected chi connectivity index (χ0v) is 20.3. The lowest BCUT2D eigenvalue weighted by molar-refractivity contribution is -0.143. The van der Waals surface area contributed by atoms with Crippen molar-refractivity contribution in [1.82, 2.24) is 15.0 Å². The largest absolute Gasteiger partial charge is 0.492 e. The van der Waals surface area contributed by atoms with Crippen LogP contribution in [-0.4, -0.2) is 52.3 Å². The van der Waals surface area contributed by atoms with Crippen LogP contribution in [0.1, 0.15) is 63.2 Å². The molecule has 0 aliphatic heterocycles. The van der Waals surface area contributed by atoms with Gasteiger partial charge in [0.05, 0.1) is 18.7 Å². The number of alkyl carbamates (subject to hydrolysis) is 1. The Balaban J connectivity index is 1.62. The summed E-state index contributed by atoms with van der Waals surface area (Å²) in [6, 6.07) is 6.03. The number of pyridine rings is 2. The van der Waals surface area contributed by atoms with Gasteiger partial charge in [-0.1, -0.05) is 12.8 Å². The van der Waals surface area contributed by atoms with Crippen LogP contribution in [-0.2, 0) is 9.53 Å². The molecule has 35 heavy (non-hydrogen) atoms. The first kappa shape index (κ1) is 26.1. The van der Waals surface area contributed by atoms with Crippen LogP contribution in [0.2, 0.25) is 0 Å². The number of rotatable bonds is 8. The van der Waals surface area contributed by atoms with Crippen molar-refractivity contribution in [2.75, 3.05) is 13.2 Å². The van der Waals surface area contributed by atoms with E-state index >= 15 is 0 Å². The van der Waals surface area contributed by atoms with Gasteiger partial charge in [0.1, 0.15) is 16.9 Å². The lowest BCUT2D eigenvalue weighted by Crippen LogP contribution is -2.46. The van der Waals surface area contributed by atoms with Crippen LogP contribution < -0.4 is 20.9 Å². The van der Waals surface area contributed by atoms with Gasteiger partial charge in [-0.05, 0) is 64.3 Å². The molecule has 0 spiro atoms. The molecule has 2 aromatic rings. The molecular weight excluding hydrogens is 454 g/mol. The van der Waals surface area contributed by atoms with Crippen molar-refractivity contribution in [3.05, 3.63) is 46.4 Å². The van der Waals surface area contributed by atoms with E-state index < -0.39 is 41.1 Å². The van der Waals surface area contributed by atoms with Crippen molar-refractivity contribution in [3.63, 3.8) is 0 Å². The summed E-state index contributed by atoms with van der Waals surface area (Å²) in [7, 11) is 0. The van der Waals surface area contributed by atoms with Gasteiger partial charge in [-0.25, -0.2) is 4.79 Å². The fourth-order valence-electron chi connectivity index (χ4n) is 4.04. The molecule has 3 rings (SSSR count). The number of ether oxygens (including phenoxy) is 2. The zero-order chi connectivity index (χ0) is 25.6. The number of nitrogens with one attached hydrogen (secondary N) is 2. The lowest BCUT2D eigenvalue weighted by atomic mass is 9.84. The average molecular weight is 488 g/mol. The van der Waals surface area contributed by atoms with Crippen LogP contribution in [0.4, 0.5) is 4.79 Å². The number of carbonyl (C=O) groups is 3. The molecule has 2 atom stereocenters. The minimum atomic E-state index is -0.937. The van der Waals surface area contributed by atoms with Gasteiger partial charge < -0.3 is 25.2 Å². The van der Waals surface area contributed by atoms with E-state index in [-0.39, 0.29) is 5.56 Å². The van der Waals surface area contributed by atoms with Crippen LogP contribution in [0.15, 0.2) is 35.3 Å². The minimum Gasteiger partial charge on any atom is -0.492 e. The van der Waals surface area contributed by atoms with E-state index in [0.717, 1.165) is 12.8 Å². The van der Waals surface area contributed by atoms with Gasteiger partial charge in [0.2, 0.25) is 0 Å². The van der Waals surface area contributed by atoms with Gasteiger partial charge in [0.25, 0.3) is 11.5 Å². The van der Waals surface area contributed by atoms with Crippen molar-refractivity contribution in [3.8, 4) is 5.75 Å². The van der Waals surface area contributed by atoms with Crippen molar-refractivity contribution >= 4 is 23.5 Å². The highest BCUT2D eigenvalue weighted by Crippen LogP contribution is 2.25. The van der Waals surface area contributed by atoms with E-state index in [2.05, 4.69) is 10.6 Å². The quantitative estimate of drug-likeness (QED) is 0.487. The number of hydrogen-bond donors (Lipinski definition) is 3. The zero-order valence-electron chi connectivity index (χ0n) is 20.3.